The average Bonchev–Trinajstić information content (AvgIpc) is 2.73. The van der Waals surface area contributed by atoms with Crippen LogP contribution in [0.1, 0.15) is 18.7 Å². The monoisotopic (exact) mass is 408 g/mol. The number of hydrogen-bond donors (Lipinski definition) is 2. The lowest BCUT2D eigenvalue weighted by Gasteiger charge is -2.11. The molecule has 0 atom stereocenters. The molecule has 0 fully saturated rings. The van der Waals surface area contributed by atoms with Crippen molar-refractivity contribution in [1.29, 1.82) is 0 Å². The van der Waals surface area contributed by atoms with Gasteiger partial charge in [-0.15, -0.1) is 0 Å². The van der Waals surface area contributed by atoms with Gasteiger partial charge in [0.25, 0.3) is 11.5 Å². The van der Waals surface area contributed by atoms with E-state index in [0.717, 1.165) is 0 Å². The standard InChI is InChI=1S/C22H24N4O4/c1-26(2)21(28)14-30-16-12-10-15(11-13-16)23-20(27)9-5-8-19-24-18-7-4-3-6-17(18)22(29)25-19/h3-4,6-7,10-13H,5,8-9,14H2,1-2H3,(H,23,27)(H,24,25,29). The predicted octanol–water partition coefficient (Wildman–Crippen LogP) is 2.35. The molecule has 2 aromatic carbocycles. The van der Waals surface area contributed by atoms with Crippen LogP contribution in [-0.2, 0) is 16.0 Å². The third-order valence-electron chi connectivity index (χ3n) is 4.48. The van der Waals surface area contributed by atoms with Gasteiger partial charge in [-0.05, 0) is 42.8 Å². The molecule has 0 aliphatic rings. The maximum atomic E-state index is 12.2. The lowest BCUT2D eigenvalue weighted by Crippen LogP contribution is -2.27. The van der Waals surface area contributed by atoms with E-state index in [1.165, 1.54) is 4.90 Å². The smallest absolute Gasteiger partial charge is 0.259 e. The molecule has 3 rings (SSSR count). The minimum absolute atomic E-state index is 0.0381. The number of para-hydroxylation sites is 1. The summed E-state index contributed by atoms with van der Waals surface area (Å²) in [6, 6.07) is 14.0. The van der Waals surface area contributed by atoms with Crippen molar-refractivity contribution in [2.75, 3.05) is 26.0 Å². The summed E-state index contributed by atoms with van der Waals surface area (Å²) < 4.78 is 5.40. The first-order valence-electron chi connectivity index (χ1n) is 9.63. The zero-order valence-corrected chi connectivity index (χ0v) is 17.0. The highest BCUT2D eigenvalue weighted by Gasteiger charge is 2.07. The number of nitrogens with zero attached hydrogens (tertiary/aromatic N) is 2. The molecule has 0 aliphatic carbocycles. The van der Waals surface area contributed by atoms with Crippen molar-refractivity contribution in [3.05, 3.63) is 64.7 Å². The second-order valence-electron chi connectivity index (χ2n) is 7.03. The normalized spacial score (nSPS) is 10.6. The van der Waals surface area contributed by atoms with Gasteiger partial charge in [0.2, 0.25) is 5.91 Å². The fourth-order valence-electron chi connectivity index (χ4n) is 2.80. The number of hydrogen-bond acceptors (Lipinski definition) is 5. The Labute approximate surface area is 173 Å². The number of ether oxygens (including phenoxy) is 1. The fraction of sp³-hybridized carbons (Fsp3) is 0.273. The number of H-pyrrole nitrogens is 1. The molecule has 30 heavy (non-hydrogen) atoms. The van der Waals surface area contributed by atoms with Crippen LogP contribution in [0.2, 0.25) is 0 Å². The van der Waals surface area contributed by atoms with Crippen LogP contribution in [0.3, 0.4) is 0 Å². The Morgan fingerprint density at radius 3 is 2.57 bits per heavy atom. The largest absolute Gasteiger partial charge is 0.484 e. The molecule has 8 nitrogen and oxygen atoms in total. The number of fused-ring (bicyclic) bond motifs is 1. The predicted molar refractivity (Wildman–Crippen MR) is 115 cm³/mol. The molecule has 1 heterocycles. The SMILES string of the molecule is CN(C)C(=O)COc1ccc(NC(=O)CCCc2nc3ccccc3c(=O)[nH]2)cc1. The van der Waals surface area contributed by atoms with Crippen LogP contribution in [0.15, 0.2) is 53.3 Å². The lowest BCUT2D eigenvalue weighted by molar-refractivity contribution is -0.130. The summed E-state index contributed by atoms with van der Waals surface area (Å²) in [6.45, 7) is -0.0381. The Morgan fingerprint density at radius 2 is 1.83 bits per heavy atom. The van der Waals surface area contributed by atoms with Crippen molar-refractivity contribution >= 4 is 28.4 Å². The molecular formula is C22H24N4O4. The molecule has 0 radical (unpaired) electrons. The highest BCUT2D eigenvalue weighted by atomic mass is 16.5. The molecule has 0 bridgehead atoms. The summed E-state index contributed by atoms with van der Waals surface area (Å²) in [7, 11) is 3.33. The number of carbonyl (C=O) groups is 2. The van der Waals surface area contributed by atoms with Crippen molar-refractivity contribution in [3.63, 3.8) is 0 Å². The van der Waals surface area contributed by atoms with E-state index in [1.54, 1.807) is 56.6 Å². The number of carbonyl (C=O) groups excluding carboxylic acids is 2. The van der Waals surface area contributed by atoms with E-state index in [2.05, 4.69) is 15.3 Å². The first-order chi connectivity index (χ1) is 14.4. The Kier molecular flexibility index (Phi) is 6.79. The first-order valence-corrected chi connectivity index (χ1v) is 9.63. The van der Waals surface area contributed by atoms with E-state index in [9.17, 15) is 14.4 Å². The molecule has 1 aromatic heterocycles. The van der Waals surface area contributed by atoms with E-state index in [1.807, 2.05) is 6.07 Å². The van der Waals surface area contributed by atoms with Gasteiger partial charge in [-0.2, -0.15) is 0 Å². The van der Waals surface area contributed by atoms with Gasteiger partial charge in [-0.1, -0.05) is 12.1 Å². The Morgan fingerprint density at radius 1 is 1.10 bits per heavy atom. The first kappa shape index (κ1) is 21.0. The van der Waals surface area contributed by atoms with Crippen LogP contribution in [0.4, 0.5) is 5.69 Å². The van der Waals surface area contributed by atoms with Crippen molar-refractivity contribution in [2.45, 2.75) is 19.3 Å². The fourth-order valence-corrected chi connectivity index (χ4v) is 2.80. The number of amides is 2. The Bertz CT molecular complexity index is 1090. The number of benzene rings is 2. The molecule has 2 N–H and O–H groups in total. The Hall–Kier alpha value is -3.68. The van der Waals surface area contributed by atoms with Gasteiger partial charge in [0.05, 0.1) is 10.9 Å². The number of aromatic amines is 1. The minimum atomic E-state index is -0.172. The quantitative estimate of drug-likeness (QED) is 0.595. The van der Waals surface area contributed by atoms with Gasteiger partial charge in [0.1, 0.15) is 11.6 Å². The molecule has 0 aliphatic heterocycles. The average molecular weight is 408 g/mol. The topological polar surface area (TPSA) is 104 Å². The second kappa shape index (κ2) is 9.69. The van der Waals surface area contributed by atoms with Crippen LogP contribution in [0, 0.1) is 0 Å². The van der Waals surface area contributed by atoms with Crippen molar-refractivity contribution in [1.82, 2.24) is 14.9 Å². The van der Waals surface area contributed by atoms with Gasteiger partial charge in [0, 0.05) is 32.6 Å². The zero-order valence-electron chi connectivity index (χ0n) is 17.0. The molecule has 0 spiro atoms. The maximum absolute atomic E-state index is 12.2. The van der Waals surface area contributed by atoms with Crippen LogP contribution in [0.5, 0.6) is 5.75 Å². The van der Waals surface area contributed by atoms with Gasteiger partial charge >= 0.3 is 0 Å². The van der Waals surface area contributed by atoms with Crippen LogP contribution < -0.4 is 15.6 Å². The van der Waals surface area contributed by atoms with E-state index in [0.29, 0.717) is 47.4 Å². The molecule has 156 valence electrons. The molecule has 0 saturated carbocycles. The van der Waals surface area contributed by atoms with E-state index in [4.69, 9.17) is 4.74 Å². The summed E-state index contributed by atoms with van der Waals surface area (Å²) in [5, 5.41) is 3.37. The van der Waals surface area contributed by atoms with E-state index in [-0.39, 0.29) is 24.0 Å². The molecule has 3 aromatic rings. The highest BCUT2D eigenvalue weighted by molar-refractivity contribution is 5.90. The van der Waals surface area contributed by atoms with Crippen molar-refractivity contribution in [3.8, 4) is 5.75 Å². The van der Waals surface area contributed by atoms with E-state index < -0.39 is 0 Å². The highest BCUT2D eigenvalue weighted by Crippen LogP contribution is 2.16. The minimum Gasteiger partial charge on any atom is -0.484 e. The lowest BCUT2D eigenvalue weighted by atomic mass is 10.2. The van der Waals surface area contributed by atoms with E-state index >= 15 is 0 Å². The Balaban J connectivity index is 1.47. The van der Waals surface area contributed by atoms with Crippen molar-refractivity contribution in [2.24, 2.45) is 0 Å². The summed E-state index contributed by atoms with van der Waals surface area (Å²) >= 11 is 0. The second-order valence-corrected chi connectivity index (χ2v) is 7.03. The third kappa shape index (κ3) is 5.66. The summed E-state index contributed by atoms with van der Waals surface area (Å²) in [6.07, 6.45) is 1.35. The van der Waals surface area contributed by atoms with Crippen LogP contribution in [-0.4, -0.2) is 47.4 Å². The molecular weight excluding hydrogens is 384 g/mol. The van der Waals surface area contributed by atoms with Crippen LogP contribution in [0.25, 0.3) is 10.9 Å². The molecule has 2 amide bonds. The van der Waals surface area contributed by atoms with Gasteiger partial charge in [-0.25, -0.2) is 4.98 Å². The number of nitrogens with one attached hydrogen (secondary N) is 2. The third-order valence-corrected chi connectivity index (χ3v) is 4.48. The summed E-state index contributed by atoms with van der Waals surface area (Å²) in [4.78, 5) is 44.4. The molecule has 0 unspecified atom stereocenters. The molecule has 8 heteroatoms. The van der Waals surface area contributed by atoms with Gasteiger partial charge in [-0.3, -0.25) is 14.4 Å². The number of aromatic nitrogens is 2. The summed E-state index contributed by atoms with van der Waals surface area (Å²) in [5.41, 5.74) is 1.12. The number of rotatable bonds is 8. The number of anilines is 1. The van der Waals surface area contributed by atoms with Gasteiger partial charge in [0.15, 0.2) is 6.61 Å². The van der Waals surface area contributed by atoms with Crippen molar-refractivity contribution < 1.29 is 14.3 Å². The zero-order chi connectivity index (χ0) is 21.5. The number of aryl methyl sites for hydroxylation is 1. The molecule has 0 saturated heterocycles. The maximum Gasteiger partial charge on any atom is 0.259 e. The van der Waals surface area contributed by atoms with Crippen LogP contribution >= 0.6 is 0 Å². The number of likely N-dealkylation sites (N-methyl/N-ethyl adjacent to an activating group) is 1. The van der Waals surface area contributed by atoms with Gasteiger partial charge < -0.3 is 19.9 Å². The summed E-state index contributed by atoms with van der Waals surface area (Å²) in [5.74, 6) is 0.860.